The van der Waals surface area contributed by atoms with Crippen molar-refractivity contribution in [3.8, 4) is 0 Å². The molecular weight excluding hydrogens is 300 g/mol. The van der Waals surface area contributed by atoms with Crippen LogP contribution in [0.2, 0.25) is 0 Å². The van der Waals surface area contributed by atoms with Crippen LogP contribution >= 0.6 is 11.3 Å². The summed E-state index contributed by atoms with van der Waals surface area (Å²) in [7, 11) is 0. The lowest BCUT2D eigenvalue weighted by Gasteiger charge is -2.01. The molecule has 7 heteroatoms. The second kappa shape index (κ2) is 6.86. The molecule has 0 spiro atoms. The van der Waals surface area contributed by atoms with Gasteiger partial charge in [-0.05, 0) is 24.1 Å². The minimum Gasteiger partial charge on any atom is -0.459 e. The molecule has 0 unspecified atom stereocenters. The zero-order chi connectivity index (χ0) is 15.2. The van der Waals surface area contributed by atoms with Gasteiger partial charge in [0.2, 0.25) is 10.3 Å². The number of nitrogens with one attached hydrogen (secondary N) is 2. The van der Waals surface area contributed by atoms with Crippen molar-refractivity contribution in [2.75, 3.05) is 17.2 Å². The molecule has 0 aliphatic carbocycles. The van der Waals surface area contributed by atoms with Crippen LogP contribution in [0.1, 0.15) is 16.1 Å². The summed E-state index contributed by atoms with van der Waals surface area (Å²) in [4.78, 5) is 11.8. The zero-order valence-corrected chi connectivity index (χ0v) is 12.5. The molecule has 112 valence electrons. The van der Waals surface area contributed by atoms with Crippen molar-refractivity contribution >= 4 is 27.5 Å². The first-order valence-electron chi connectivity index (χ1n) is 6.77. The summed E-state index contributed by atoms with van der Waals surface area (Å²) in [5.74, 6) is -0.0919. The molecule has 1 amide bonds. The first-order valence-corrected chi connectivity index (χ1v) is 7.59. The minimum absolute atomic E-state index is 0.244. The number of benzene rings is 1. The van der Waals surface area contributed by atoms with Crippen LogP contribution in [0, 0.1) is 0 Å². The Morgan fingerprint density at radius 1 is 1.09 bits per heavy atom. The summed E-state index contributed by atoms with van der Waals surface area (Å²) in [6.45, 7) is 0.755. The van der Waals surface area contributed by atoms with Crippen LogP contribution in [-0.2, 0) is 6.42 Å². The van der Waals surface area contributed by atoms with E-state index < -0.39 is 0 Å². The smallest absolute Gasteiger partial charge is 0.293 e. The Balaban J connectivity index is 1.50. The van der Waals surface area contributed by atoms with Gasteiger partial charge in [-0.15, -0.1) is 10.2 Å². The van der Waals surface area contributed by atoms with Crippen LogP contribution in [0.4, 0.5) is 10.3 Å². The Labute approximate surface area is 131 Å². The van der Waals surface area contributed by atoms with E-state index in [4.69, 9.17) is 4.42 Å². The lowest BCUT2D eigenvalue weighted by molar-refractivity contribution is 0.0996. The van der Waals surface area contributed by atoms with E-state index in [1.807, 2.05) is 18.2 Å². The Morgan fingerprint density at radius 2 is 1.91 bits per heavy atom. The number of aromatic nitrogens is 2. The van der Waals surface area contributed by atoms with Crippen molar-refractivity contribution in [3.63, 3.8) is 0 Å². The van der Waals surface area contributed by atoms with Crippen molar-refractivity contribution in [1.82, 2.24) is 10.2 Å². The maximum absolute atomic E-state index is 11.8. The van der Waals surface area contributed by atoms with Gasteiger partial charge in [0, 0.05) is 6.54 Å². The van der Waals surface area contributed by atoms with E-state index in [1.165, 1.54) is 23.2 Å². The summed E-state index contributed by atoms with van der Waals surface area (Å²) in [6, 6.07) is 13.4. The number of hydrogen-bond acceptors (Lipinski definition) is 6. The Morgan fingerprint density at radius 3 is 2.68 bits per heavy atom. The maximum Gasteiger partial charge on any atom is 0.293 e. The van der Waals surface area contributed by atoms with Crippen LogP contribution in [-0.4, -0.2) is 22.6 Å². The van der Waals surface area contributed by atoms with Gasteiger partial charge >= 0.3 is 0 Å². The van der Waals surface area contributed by atoms with Gasteiger partial charge in [-0.3, -0.25) is 10.1 Å². The Bertz CT molecular complexity index is 725. The maximum atomic E-state index is 11.8. The number of nitrogens with zero attached hydrogens (tertiary/aromatic N) is 2. The van der Waals surface area contributed by atoms with Crippen LogP contribution < -0.4 is 10.6 Å². The monoisotopic (exact) mass is 314 g/mol. The van der Waals surface area contributed by atoms with Crippen molar-refractivity contribution in [2.24, 2.45) is 0 Å². The highest BCUT2D eigenvalue weighted by molar-refractivity contribution is 7.19. The molecule has 0 aliphatic heterocycles. The van der Waals surface area contributed by atoms with Crippen LogP contribution in [0.5, 0.6) is 0 Å². The number of rotatable bonds is 6. The zero-order valence-electron chi connectivity index (χ0n) is 11.7. The lowest BCUT2D eigenvalue weighted by Crippen LogP contribution is -2.10. The fraction of sp³-hybridized carbons (Fsp3) is 0.133. The van der Waals surface area contributed by atoms with Crippen molar-refractivity contribution in [2.45, 2.75) is 6.42 Å². The van der Waals surface area contributed by atoms with Gasteiger partial charge in [-0.1, -0.05) is 41.7 Å². The third-order valence-electron chi connectivity index (χ3n) is 2.92. The topological polar surface area (TPSA) is 80.0 Å². The average molecular weight is 314 g/mol. The van der Waals surface area contributed by atoms with Crippen molar-refractivity contribution in [1.29, 1.82) is 0 Å². The van der Waals surface area contributed by atoms with Crippen LogP contribution in [0.3, 0.4) is 0 Å². The highest BCUT2D eigenvalue weighted by atomic mass is 32.1. The van der Waals surface area contributed by atoms with E-state index in [0.29, 0.717) is 10.3 Å². The Hall–Kier alpha value is -2.67. The van der Waals surface area contributed by atoms with Gasteiger partial charge in [-0.2, -0.15) is 0 Å². The number of hydrogen-bond donors (Lipinski definition) is 2. The summed E-state index contributed by atoms with van der Waals surface area (Å²) in [6.07, 6.45) is 2.35. The molecule has 0 aliphatic rings. The molecule has 0 atom stereocenters. The average Bonchev–Trinajstić information content (AvgIpc) is 3.20. The quantitative estimate of drug-likeness (QED) is 0.731. The number of amides is 1. The van der Waals surface area contributed by atoms with E-state index in [2.05, 4.69) is 33.0 Å². The second-order valence-corrected chi connectivity index (χ2v) is 5.48. The fourth-order valence-electron chi connectivity index (χ4n) is 1.87. The van der Waals surface area contributed by atoms with Crippen LogP contribution in [0.25, 0.3) is 0 Å². The molecule has 3 rings (SSSR count). The Kier molecular flexibility index (Phi) is 4.45. The third kappa shape index (κ3) is 3.70. The predicted molar refractivity (Wildman–Crippen MR) is 85.2 cm³/mol. The molecule has 0 fully saturated rings. The van der Waals surface area contributed by atoms with Crippen LogP contribution in [0.15, 0.2) is 53.1 Å². The van der Waals surface area contributed by atoms with E-state index in [9.17, 15) is 4.79 Å². The molecule has 0 saturated carbocycles. The van der Waals surface area contributed by atoms with E-state index in [1.54, 1.807) is 12.1 Å². The highest BCUT2D eigenvalue weighted by Gasteiger charge is 2.11. The first kappa shape index (κ1) is 14.3. The van der Waals surface area contributed by atoms with E-state index in [-0.39, 0.29) is 11.7 Å². The number of anilines is 2. The predicted octanol–water partition coefficient (Wildman–Crippen LogP) is 3.04. The molecule has 2 N–H and O–H groups in total. The number of carbonyl (C=O) groups is 1. The molecule has 1 aromatic carbocycles. The SMILES string of the molecule is O=C(Nc1nnc(NCCc2ccccc2)s1)c1ccco1. The molecule has 0 bridgehead atoms. The number of carbonyl (C=O) groups excluding carboxylic acids is 1. The highest BCUT2D eigenvalue weighted by Crippen LogP contribution is 2.20. The molecule has 2 aromatic heterocycles. The molecule has 2 heterocycles. The van der Waals surface area contributed by atoms with Crippen molar-refractivity contribution < 1.29 is 9.21 Å². The lowest BCUT2D eigenvalue weighted by atomic mass is 10.2. The molecule has 22 heavy (non-hydrogen) atoms. The second-order valence-electron chi connectivity index (χ2n) is 4.51. The van der Waals surface area contributed by atoms with Gasteiger partial charge < -0.3 is 9.73 Å². The van der Waals surface area contributed by atoms with Gasteiger partial charge in [0.25, 0.3) is 5.91 Å². The van der Waals surface area contributed by atoms with Gasteiger partial charge in [0.05, 0.1) is 6.26 Å². The number of furan rings is 1. The normalized spacial score (nSPS) is 10.4. The molecular formula is C15H14N4O2S. The summed E-state index contributed by atoms with van der Waals surface area (Å²) < 4.78 is 5.02. The summed E-state index contributed by atoms with van der Waals surface area (Å²) >= 11 is 1.29. The fourth-order valence-corrected chi connectivity index (χ4v) is 2.53. The molecule has 6 nitrogen and oxygen atoms in total. The van der Waals surface area contributed by atoms with Gasteiger partial charge in [0.1, 0.15) is 0 Å². The summed E-state index contributed by atoms with van der Waals surface area (Å²) in [5.41, 5.74) is 1.26. The molecule has 3 aromatic rings. The van der Waals surface area contributed by atoms with E-state index in [0.717, 1.165) is 13.0 Å². The van der Waals surface area contributed by atoms with Gasteiger partial charge in [-0.25, -0.2) is 0 Å². The van der Waals surface area contributed by atoms with Gasteiger partial charge in [0.15, 0.2) is 5.76 Å². The third-order valence-corrected chi connectivity index (χ3v) is 3.72. The first-order chi connectivity index (χ1) is 10.8. The van der Waals surface area contributed by atoms with Crippen molar-refractivity contribution in [3.05, 3.63) is 60.1 Å². The minimum atomic E-state index is -0.336. The van der Waals surface area contributed by atoms with E-state index >= 15 is 0 Å². The summed E-state index contributed by atoms with van der Waals surface area (Å²) in [5, 5.41) is 14.9. The molecule has 0 saturated heterocycles. The standard InChI is InChI=1S/C15H14N4O2S/c20-13(12-7-4-10-21-12)17-15-19-18-14(22-15)16-9-8-11-5-2-1-3-6-11/h1-7,10H,8-9H2,(H,16,18)(H,17,19,20). The molecule has 0 radical (unpaired) electrons. The largest absolute Gasteiger partial charge is 0.459 e.